The molecule has 1 fully saturated rings. The topological polar surface area (TPSA) is 27.7 Å². The first-order valence-corrected chi connectivity index (χ1v) is 6.94. The van der Waals surface area contributed by atoms with Crippen LogP contribution in [0.15, 0.2) is 28.7 Å². The number of hydrogen-bond acceptors (Lipinski definition) is 3. The highest BCUT2D eigenvalue weighted by Crippen LogP contribution is 2.48. The predicted octanol–water partition coefficient (Wildman–Crippen LogP) is 4.13. The first-order valence-electron chi connectivity index (χ1n) is 5.05. The van der Waals surface area contributed by atoms with Gasteiger partial charge in [-0.1, -0.05) is 26.0 Å². The molecule has 1 saturated heterocycles. The van der Waals surface area contributed by atoms with Gasteiger partial charge in [0, 0.05) is 5.41 Å². The fourth-order valence-corrected chi connectivity index (χ4v) is 3.09. The molecule has 0 amide bonds. The van der Waals surface area contributed by atoms with E-state index in [0.717, 1.165) is 10.2 Å². The summed E-state index contributed by atoms with van der Waals surface area (Å²) in [4.78, 5) is 0. The van der Waals surface area contributed by atoms with E-state index in [1.807, 2.05) is 24.3 Å². The maximum atomic E-state index is 5.65. The van der Waals surface area contributed by atoms with Gasteiger partial charge in [0.1, 0.15) is 5.75 Å². The molecule has 0 aliphatic carbocycles. The van der Waals surface area contributed by atoms with Gasteiger partial charge in [-0.05, 0) is 28.1 Å². The van der Waals surface area contributed by atoms with E-state index in [1.165, 1.54) is 0 Å². The molecule has 0 N–H and O–H groups in total. The number of rotatable bonds is 2. The van der Waals surface area contributed by atoms with Gasteiger partial charge in [-0.2, -0.15) is 0 Å². The quantitative estimate of drug-likeness (QED) is 0.769. The van der Waals surface area contributed by atoms with Crippen LogP contribution in [0.1, 0.15) is 13.8 Å². The Labute approximate surface area is 105 Å². The van der Waals surface area contributed by atoms with Crippen LogP contribution in [0, 0.1) is 5.41 Å². The Bertz CT molecular complexity index is 360. The van der Waals surface area contributed by atoms with E-state index in [1.54, 1.807) is 0 Å². The third-order valence-electron chi connectivity index (χ3n) is 2.13. The highest BCUT2D eigenvalue weighted by Gasteiger charge is 2.31. The predicted molar refractivity (Wildman–Crippen MR) is 67.4 cm³/mol. The number of benzene rings is 1. The molecule has 1 aliphatic rings. The largest absolute Gasteiger partial charge is 0.426 e. The van der Waals surface area contributed by atoms with E-state index in [-0.39, 0.29) is 5.41 Å². The second-order valence-electron chi connectivity index (χ2n) is 4.46. The summed E-state index contributed by atoms with van der Waals surface area (Å²) >= 11 is 3.42. The lowest BCUT2D eigenvalue weighted by Crippen LogP contribution is -2.29. The van der Waals surface area contributed by atoms with Crippen LogP contribution in [0.5, 0.6) is 5.75 Å². The van der Waals surface area contributed by atoms with Crippen LogP contribution in [0.25, 0.3) is 0 Å². The van der Waals surface area contributed by atoms with Gasteiger partial charge < -0.3 is 13.6 Å². The van der Waals surface area contributed by atoms with Gasteiger partial charge in [-0.15, -0.1) is 0 Å². The molecular weight excluding hydrogens is 291 g/mol. The van der Waals surface area contributed by atoms with Crippen molar-refractivity contribution in [3.63, 3.8) is 0 Å². The summed E-state index contributed by atoms with van der Waals surface area (Å²) in [5.74, 6) is 0.758. The van der Waals surface area contributed by atoms with Gasteiger partial charge in [0.05, 0.1) is 17.7 Å². The molecule has 0 bridgehead atoms. The molecule has 1 aromatic rings. The van der Waals surface area contributed by atoms with Crippen LogP contribution in [0.3, 0.4) is 0 Å². The highest BCUT2D eigenvalue weighted by atomic mass is 79.9. The maximum absolute atomic E-state index is 5.65. The van der Waals surface area contributed by atoms with Gasteiger partial charge in [-0.3, -0.25) is 0 Å². The Kier molecular flexibility index (Phi) is 3.85. The monoisotopic (exact) mass is 304 g/mol. The molecule has 88 valence electrons. The second-order valence-corrected chi connectivity index (χ2v) is 6.46. The zero-order valence-electron chi connectivity index (χ0n) is 9.27. The van der Waals surface area contributed by atoms with E-state index in [0.29, 0.717) is 13.2 Å². The minimum absolute atomic E-state index is 0.0795. The Balaban J connectivity index is 1.95. The van der Waals surface area contributed by atoms with E-state index >= 15 is 0 Å². The first-order chi connectivity index (χ1) is 7.57. The molecule has 16 heavy (non-hydrogen) atoms. The van der Waals surface area contributed by atoms with Crippen molar-refractivity contribution in [2.24, 2.45) is 5.41 Å². The molecule has 0 saturated carbocycles. The molecule has 1 aromatic carbocycles. The molecule has 5 heteroatoms. The molecule has 3 nitrogen and oxygen atoms in total. The minimum Gasteiger partial charge on any atom is -0.426 e. The second kappa shape index (κ2) is 5.01. The molecule has 0 atom stereocenters. The number of para-hydroxylation sites is 1. The number of hydrogen-bond donors (Lipinski definition) is 0. The zero-order chi connectivity index (χ0) is 11.6. The Morgan fingerprint density at radius 1 is 1.25 bits per heavy atom. The molecular formula is C11H14BrO3P. The van der Waals surface area contributed by atoms with Gasteiger partial charge in [0.2, 0.25) is 0 Å². The van der Waals surface area contributed by atoms with Crippen molar-refractivity contribution in [1.29, 1.82) is 0 Å². The molecule has 0 unspecified atom stereocenters. The first kappa shape index (κ1) is 12.3. The van der Waals surface area contributed by atoms with E-state index < -0.39 is 8.60 Å². The molecule has 1 aliphatic heterocycles. The van der Waals surface area contributed by atoms with E-state index in [9.17, 15) is 0 Å². The third kappa shape index (κ3) is 3.17. The maximum Gasteiger partial charge on any atom is 0.397 e. The van der Waals surface area contributed by atoms with Gasteiger partial charge in [-0.25, -0.2) is 0 Å². The molecule has 1 heterocycles. The summed E-state index contributed by atoms with van der Waals surface area (Å²) in [5, 5.41) is 0. The van der Waals surface area contributed by atoms with Crippen LogP contribution >= 0.6 is 24.5 Å². The third-order valence-corrected chi connectivity index (χ3v) is 3.81. The summed E-state index contributed by atoms with van der Waals surface area (Å²) in [6.45, 7) is 5.56. The van der Waals surface area contributed by atoms with Crippen LogP contribution in [0.4, 0.5) is 0 Å². The summed E-state index contributed by atoms with van der Waals surface area (Å²) in [5.41, 5.74) is 0.0795. The highest BCUT2D eigenvalue weighted by molar-refractivity contribution is 9.10. The fourth-order valence-electron chi connectivity index (χ4n) is 1.19. The van der Waals surface area contributed by atoms with Crippen molar-refractivity contribution in [2.45, 2.75) is 13.8 Å². The molecule has 0 spiro atoms. The van der Waals surface area contributed by atoms with Gasteiger partial charge in [0.25, 0.3) is 0 Å². The fraction of sp³-hybridized carbons (Fsp3) is 0.455. The van der Waals surface area contributed by atoms with Crippen molar-refractivity contribution in [3.8, 4) is 5.75 Å². The molecule has 2 rings (SSSR count). The average molecular weight is 305 g/mol. The van der Waals surface area contributed by atoms with Crippen LogP contribution in [-0.2, 0) is 9.05 Å². The minimum atomic E-state index is -1.25. The zero-order valence-corrected chi connectivity index (χ0v) is 11.8. The lowest BCUT2D eigenvalue weighted by molar-refractivity contribution is 0.0426. The van der Waals surface area contributed by atoms with Crippen molar-refractivity contribution in [2.75, 3.05) is 13.2 Å². The Hall–Kier alpha value is -0.150. The molecule has 0 aromatic heterocycles. The summed E-state index contributed by atoms with van der Waals surface area (Å²) in [6.07, 6.45) is 0. The van der Waals surface area contributed by atoms with Crippen molar-refractivity contribution in [3.05, 3.63) is 28.7 Å². The summed E-state index contributed by atoms with van der Waals surface area (Å²) in [6, 6.07) is 7.68. The van der Waals surface area contributed by atoms with Crippen LogP contribution < -0.4 is 4.52 Å². The van der Waals surface area contributed by atoms with Crippen molar-refractivity contribution < 1.29 is 13.6 Å². The smallest absolute Gasteiger partial charge is 0.397 e. The SMILES string of the molecule is CC1(C)COP(Oc2ccccc2Br)OC1. The van der Waals surface area contributed by atoms with Crippen LogP contribution in [-0.4, -0.2) is 13.2 Å². The normalized spacial score (nSPS) is 20.7. The average Bonchev–Trinajstić information content (AvgIpc) is 2.24. The van der Waals surface area contributed by atoms with Crippen molar-refractivity contribution in [1.82, 2.24) is 0 Å². The number of halogens is 1. The van der Waals surface area contributed by atoms with Gasteiger partial charge >= 0.3 is 8.60 Å². The van der Waals surface area contributed by atoms with E-state index in [2.05, 4.69) is 29.8 Å². The van der Waals surface area contributed by atoms with Gasteiger partial charge in [0.15, 0.2) is 0 Å². The van der Waals surface area contributed by atoms with E-state index in [4.69, 9.17) is 13.6 Å². The Morgan fingerprint density at radius 2 is 1.88 bits per heavy atom. The summed E-state index contributed by atoms with van der Waals surface area (Å²) < 4.78 is 17.7. The lowest BCUT2D eigenvalue weighted by Gasteiger charge is -2.32. The molecule has 0 radical (unpaired) electrons. The standard InChI is InChI=1S/C11H14BrO3P/c1-11(2)7-13-16(14-8-11)15-10-6-4-3-5-9(10)12/h3-6H,7-8H2,1-2H3. The lowest BCUT2D eigenvalue weighted by atomic mass is 9.97. The van der Waals surface area contributed by atoms with Crippen LogP contribution in [0.2, 0.25) is 0 Å². The van der Waals surface area contributed by atoms with Crippen molar-refractivity contribution >= 4 is 24.5 Å². The summed E-state index contributed by atoms with van der Waals surface area (Å²) in [7, 11) is -1.25. The Morgan fingerprint density at radius 3 is 2.50 bits per heavy atom.